The van der Waals surface area contributed by atoms with Crippen LogP contribution in [0.25, 0.3) is 0 Å². The Bertz CT molecular complexity index is 963. The summed E-state index contributed by atoms with van der Waals surface area (Å²) in [7, 11) is 0. The molecule has 0 saturated heterocycles. The minimum absolute atomic E-state index is 0.0289. The lowest BCUT2D eigenvalue weighted by atomic mass is 10.2. The largest absolute Gasteiger partial charge is 0.490 e. The molecule has 0 saturated carbocycles. The predicted octanol–water partition coefficient (Wildman–Crippen LogP) is 3.64. The minimum atomic E-state index is -1.11. The smallest absolute Gasteiger partial charge is 0.335 e. The number of carboxylic acids is 1. The van der Waals surface area contributed by atoms with Gasteiger partial charge in [0.1, 0.15) is 11.6 Å². The molecular weight excluding hydrogens is 374 g/mol. The van der Waals surface area contributed by atoms with Crippen LogP contribution in [0.3, 0.4) is 0 Å². The van der Waals surface area contributed by atoms with Crippen LogP contribution >= 0.6 is 0 Å². The average Bonchev–Trinajstić information content (AvgIpc) is 2.70. The number of nitriles is 1. The summed E-state index contributed by atoms with van der Waals surface area (Å²) in [6.07, 6.45) is 1.27. The van der Waals surface area contributed by atoms with Gasteiger partial charge in [-0.1, -0.05) is 6.07 Å². The molecular formula is C21H21N3O5. The number of rotatable bonds is 9. The van der Waals surface area contributed by atoms with Crippen LogP contribution in [-0.2, 0) is 4.79 Å². The van der Waals surface area contributed by atoms with Gasteiger partial charge in [-0.2, -0.15) is 5.26 Å². The molecule has 1 amide bonds. The lowest BCUT2D eigenvalue weighted by Crippen LogP contribution is -2.15. The van der Waals surface area contributed by atoms with Gasteiger partial charge in [-0.3, -0.25) is 4.79 Å². The van der Waals surface area contributed by atoms with Crippen molar-refractivity contribution < 1.29 is 24.2 Å². The molecule has 8 nitrogen and oxygen atoms in total. The van der Waals surface area contributed by atoms with Crippen molar-refractivity contribution in [2.75, 3.05) is 23.8 Å². The number of amides is 1. The molecule has 150 valence electrons. The van der Waals surface area contributed by atoms with E-state index >= 15 is 0 Å². The van der Waals surface area contributed by atoms with Gasteiger partial charge < -0.3 is 25.2 Å². The molecule has 0 aliphatic carbocycles. The SMILES string of the molecule is CCOc1ccc(N/C=C(/C#N)C(=O)Nc2cccc(C(=O)O)c2)cc1OCC. The average molecular weight is 395 g/mol. The zero-order valence-corrected chi connectivity index (χ0v) is 16.1. The molecule has 0 aliphatic heterocycles. The molecule has 2 aromatic rings. The number of carboxylic acid groups (broad SMARTS) is 1. The quantitative estimate of drug-likeness (QED) is 0.438. The highest BCUT2D eigenvalue weighted by molar-refractivity contribution is 6.07. The van der Waals surface area contributed by atoms with Gasteiger partial charge in [0.15, 0.2) is 11.5 Å². The third-order valence-corrected chi connectivity index (χ3v) is 3.66. The van der Waals surface area contributed by atoms with E-state index in [1.54, 1.807) is 18.2 Å². The molecule has 2 aromatic carbocycles. The second-order valence-corrected chi connectivity index (χ2v) is 5.68. The Morgan fingerprint density at radius 2 is 1.79 bits per heavy atom. The maximum Gasteiger partial charge on any atom is 0.335 e. The molecule has 0 aromatic heterocycles. The Morgan fingerprint density at radius 1 is 1.07 bits per heavy atom. The molecule has 0 radical (unpaired) electrons. The number of hydrogen-bond acceptors (Lipinski definition) is 6. The molecule has 2 rings (SSSR count). The van der Waals surface area contributed by atoms with E-state index < -0.39 is 11.9 Å². The second-order valence-electron chi connectivity index (χ2n) is 5.68. The number of carbonyl (C=O) groups is 2. The number of hydrogen-bond donors (Lipinski definition) is 3. The number of anilines is 2. The van der Waals surface area contributed by atoms with Crippen molar-refractivity contribution in [2.24, 2.45) is 0 Å². The van der Waals surface area contributed by atoms with E-state index in [9.17, 15) is 14.9 Å². The molecule has 8 heteroatoms. The van der Waals surface area contributed by atoms with Gasteiger partial charge in [0.05, 0.1) is 18.8 Å². The zero-order valence-electron chi connectivity index (χ0n) is 16.1. The van der Waals surface area contributed by atoms with E-state index in [0.717, 1.165) is 0 Å². The van der Waals surface area contributed by atoms with E-state index in [2.05, 4.69) is 10.6 Å². The number of ether oxygens (including phenoxy) is 2. The fraction of sp³-hybridized carbons (Fsp3) is 0.190. The lowest BCUT2D eigenvalue weighted by Gasteiger charge is -2.12. The van der Waals surface area contributed by atoms with Gasteiger partial charge >= 0.3 is 5.97 Å². The van der Waals surface area contributed by atoms with Gasteiger partial charge in [-0.25, -0.2) is 4.79 Å². The maximum absolute atomic E-state index is 12.3. The second kappa shape index (κ2) is 10.4. The van der Waals surface area contributed by atoms with Crippen LogP contribution in [0, 0.1) is 11.3 Å². The molecule has 0 bridgehead atoms. The summed E-state index contributed by atoms with van der Waals surface area (Å²) in [5.41, 5.74) is 0.722. The van der Waals surface area contributed by atoms with Crippen LogP contribution < -0.4 is 20.1 Å². The van der Waals surface area contributed by atoms with E-state index in [0.29, 0.717) is 30.4 Å². The third kappa shape index (κ3) is 6.01. The van der Waals surface area contributed by atoms with Crippen LogP contribution in [0.4, 0.5) is 11.4 Å². The zero-order chi connectivity index (χ0) is 21.2. The molecule has 29 heavy (non-hydrogen) atoms. The van der Waals surface area contributed by atoms with Crippen molar-refractivity contribution in [1.29, 1.82) is 5.26 Å². The highest BCUT2D eigenvalue weighted by atomic mass is 16.5. The highest BCUT2D eigenvalue weighted by Gasteiger charge is 2.11. The topological polar surface area (TPSA) is 121 Å². The maximum atomic E-state index is 12.3. The fourth-order valence-corrected chi connectivity index (χ4v) is 2.37. The van der Waals surface area contributed by atoms with E-state index in [1.165, 1.54) is 30.5 Å². The van der Waals surface area contributed by atoms with Crippen molar-refractivity contribution in [3.8, 4) is 17.6 Å². The van der Waals surface area contributed by atoms with Crippen molar-refractivity contribution in [1.82, 2.24) is 0 Å². The van der Waals surface area contributed by atoms with Gasteiger partial charge in [0, 0.05) is 23.6 Å². The fourth-order valence-electron chi connectivity index (χ4n) is 2.37. The molecule has 0 aliphatic rings. The van der Waals surface area contributed by atoms with Gasteiger partial charge in [0.25, 0.3) is 5.91 Å². The monoisotopic (exact) mass is 395 g/mol. The summed E-state index contributed by atoms with van der Waals surface area (Å²) in [5, 5.41) is 23.7. The highest BCUT2D eigenvalue weighted by Crippen LogP contribution is 2.30. The van der Waals surface area contributed by atoms with Crippen molar-refractivity contribution in [3.05, 3.63) is 59.8 Å². The molecule has 0 spiro atoms. The van der Waals surface area contributed by atoms with Gasteiger partial charge in [0.2, 0.25) is 0 Å². The van der Waals surface area contributed by atoms with Gasteiger partial charge in [-0.05, 0) is 44.2 Å². The summed E-state index contributed by atoms with van der Waals surface area (Å²) in [6.45, 7) is 4.68. The Morgan fingerprint density at radius 3 is 2.45 bits per heavy atom. The first-order chi connectivity index (χ1) is 14.0. The molecule has 0 fully saturated rings. The van der Waals surface area contributed by atoms with Crippen LogP contribution in [0.1, 0.15) is 24.2 Å². The van der Waals surface area contributed by atoms with Crippen LogP contribution in [0.15, 0.2) is 54.2 Å². The van der Waals surface area contributed by atoms with Crippen LogP contribution in [-0.4, -0.2) is 30.2 Å². The summed E-state index contributed by atoms with van der Waals surface area (Å²) < 4.78 is 11.0. The van der Waals surface area contributed by atoms with Crippen LogP contribution in [0.2, 0.25) is 0 Å². The minimum Gasteiger partial charge on any atom is -0.490 e. The normalized spacial score (nSPS) is 10.6. The summed E-state index contributed by atoms with van der Waals surface area (Å²) in [4.78, 5) is 23.3. The van der Waals surface area contributed by atoms with Crippen molar-refractivity contribution in [3.63, 3.8) is 0 Å². The first kappa shape index (κ1) is 21.3. The van der Waals surface area contributed by atoms with E-state index in [1.807, 2.05) is 19.9 Å². The Balaban J connectivity index is 2.14. The number of carbonyl (C=O) groups excluding carboxylic acids is 1. The number of nitrogens with one attached hydrogen (secondary N) is 2. The Hall–Kier alpha value is -3.99. The number of nitrogens with zero attached hydrogens (tertiary/aromatic N) is 1. The Kier molecular flexibility index (Phi) is 7.62. The number of benzene rings is 2. The first-order valence-electron chi connectivity index (χ1n) is 8.89. The third-order valence-electron chi connectivity index (χ3n) is 3.66. The molecule has 3 N–H and O–H groups in total. The van der Waals surface area contributed by atoms with E-state index in [4.69, 9.17) is 14.6 Å². The van der Waals surface area contributed by atoms with E-state index in [-0.39, 0.29) is 16.8 Å². The van der Waals surface area contributed by atoms with Crippen molar-refractivity contribution in [2.45, 2.75) is 13.8 Å². The predicted molar refractivity (Wildman–Crippen MR) is 108 cm³/mol. The Labute approximate surface area is 168 Å². The molecule has 0 heterocycles. The summed E-state index contributed by atoms with van der Waals surface area (Å²) in [6, 6.07) is 12.7. The standard InChI is InChI=1S/C21H21N3O5/c1-3-28-18-9-8-16(11-19(18)29-4-2)23-13-15(12-22)20(25)24-17-7-5-6-14(10-17)21(26)27/h5-11,13,23H,3-4H2,1-2H3,(H,24,25)(H,26,27)/b15-13-. The summed E-state index contributed by atoms with van der Waals surface area (Å²) >= 11 is 0. The molecule has 0 atom stereocenters. The molecule has 0 unspecified atom stereocenters. The van der Waals surface area contributed by atoms with Crippen molar-refractivity contribution >= 4 is 23.3 Å². The summed E-state index contributed by atoms with van der Waals surface area (Å²) in [5.74, 6) is -0.639. The number of aromatic carboxylic acids is 1. The van der Waals surface area contributed by atoms with Gasteiger partial charge in [-0.15, -0.1) is 0 Å². The first-order valence-corrected chi connectivity index (χ1v) is 8.89. The lowest BCUT2D eigenvalue weighted by molar-refractivity contribution is -0.112. The van der Waals surface area contributed by atoms with Crippen LogP contribution in [0.5, 0.6) is 11.5 Å².